The molecule has 2 fully saturated rings. The first-order valence-corrected chi connectivity index (χ1v) is 11.8. The van der Waals surface area contributed by atoms with Crippen molar-refractivity contribution < 1.29 is 19.1 Å². The number of rotatable bonds is 10. The maximum atomic E-state index is 13.1. The van der Waals surface area contributed by atoms with Crippen molar-refractivity contribution in [1.82, 2.24) is 25.2 Å². The highest BCUT2D eigenvalue weighted by Gasteiger charge is 2.27. The molecule has 0 bridgehead atoms. The molecule has 1 aliphatic heterocycles. The van der Waals surface area contributed by atoms with E-state index < -0.39 is 0 Å². The number of nitrogens with zero attached hydrogens (tertiary/aromatic N) is 4. The third-order valence-corrected chi connectivity index (χ3v) is 6.40. The number of piperidine rings is 1. The highest BCUT2D eigenvalue weighted by Crippen LogP contribution is 2.28. The standard InChI is InChI=1S/C24H33N5O4/c1-32-21-10-6-17(15-22(21)33-2)7-11-23(30)29-13-4-3-5-19(29)12-14-28-16-20(26-27-28)24(31)25-18-8-9-18/h6,10,15-16,18-19H,3-5,7-9,11-14H2,1-2H3,(H,25,31)/t19-/m0/s1. The number of aromatic nitrogens is 3. The molecule has 4 rings (SSSR count). The number of nitrogens with one attached hydrogen (secondary N) is 1. The molecule has 1 aromatic carbocycles. The van der Waals surface area contributed by atoms with E-state index >= 15 is 0 Å². The fourth-order valence-electron chi connectivity index (χ4n) is 4.34. The number of benzene rings is 1. The zero-order valence-corrected chi connectivity index (χ0v) is 19.5. The Bertz CT molecular complexity index is 972. The van der Waals surface area contributed by atoms with Gasteiger partial charge in [0.05, 0.1) is 20.4 Å². The number of ether oxygens (including phenoxy) is 2. The molecular formula is C24H33N5O4. The van der Waals surface area contributed by atoms with Crippen molar-refractivity contribution in [3.05, 3.63) is 35.7 Å². The smallest absolute Gasteiger partial charge is 0.273 e. The quantitative estimate of drug-likeness (QED) is 0.591. The molecule has 2 aromatic rings. The van der Waals surface area contributed by atoms with Crippen molar-refractivity contribution in [3.63, 3.8) is 0 Å². The van der Waals surface area contributed by atoms with Crippen LogP contribution in [0.15, 0.2) is 24.4 Å². The average molecular weight is 456 g/mol. The average Bonchev–Trinajstić information content (AvgIpc) is 3.53. The maximum Gasteiger partial charge on any atom is 0.273 e. The Morgan fingerprint density at radius 1 is 1.12 bits per heavy atom. The van der Waals surface area contributed by atoms with Crippen molar-refractivity contribution in [2.24, 2.45) is 0 Å². The summed E-state index contributed by atoms with van der Waals surface area (Å²) in [7, 11) is 3.23. The summed E-state index contributed by atoms with van der Waals surface area (Å²) in [5, 5.41) is 11.0. The van der Waals surface area contributed by atoms with Gasteiger partial charge in [-0.2, -0.15) is 0 Å². The van der Waals surface area contributed by atoms with Crippen LogP contribution in [0.5, 0.6) is 11.5 Å². The van der Waals surface area contributed by atoms with E-state index in [1.807, 2.05) is 23.1 Å². The van der Waals surface area contributed by atoms with Crippen molar-refractivity contribution in [3.8, 4) is 11.5 Å². The van der Waals surface area contributed by atoms with Gasteiger partial charge in [-0.1, -0.05) is 11.3 Å². The zero-order valence-electron chi connectivity index (χ0n) is 19.5. The molecule has 2 aliphatic rings. The van der Waals surface area contributed by atoms with Gasteiger partial charge >= 0.3 is 0 Å². The van der Waals surface area contributed by atoms with Crippen LogP contribution < -0.4 is 14.8 Å². The van der Waals surface area contributed by atoms with Crippen molar-refractivity contribution in [1.29, 1.82) is 0 Å². The van der Waals surface area contributed by atoms with Crippen molar-refractivity contribution in [2.45, 2.75) is 70.0 Å². The minimum atomic E-state index is -0.159. The van der Waals surface area contributed by atoms with Gasteiger partial charge < -0.3 is 19.7 Å². The third kappa shape index (κ3) is 6.03. The summed E-state index contributed by atoms with van der Waals surface area (Å²) in [5.74, 6) is 1.38. The molecule has 33 heavy (non-hydrogen) atoms. The second-order valence-corrected chi connectivity index (χ2v) is 8.83. The van der Waals surface area contributed by atoms with Gasteiger partial charge in [-0.15, -0.1) is 5.10 Å². The fraction of sp³-hybridized carbons (Fsp3) is 0.583. The molecule has 1 saturated carbocycles. The van der Waals surface area contributed by atoms with E-state index in [0.29, 0.717) is 42.6 Å². The molecular weight excluding hydrogens is 422 g/mol. The Labute approximate surface area is 194 Å². The zero-order chi connectivity index (χ0) is 23.2. The number of aryl methyl sites for hydroxylation is 2. The molecule has 2 amide bonds. The number of likely N-dealkylation sites (tertiary alicyclic amines) is 1. The highest BCUT2D eigenvalue weighted by molar-refractivity contribution is 5.92. The number of carbonyl (C=O) groups is 2. The van der Waals surface area contributed by atoms with E-state index in [2.05, 4.69) is 15.6 Å². The van der Waals surface area contributed by atoms with Crippen molar-refractivity contribution in [2.75, 3.05) is 20.8 Å². The highest BCUT2D eigenvalue weighted by atomic mass is 16.5. The minimum Gasteiger partial charge on any atom is -0.493 e. The molecule has 9 heteroatoms. The third-order valence-electron chi connectivity index (χ3n) is 6.40. The lowest BCUT2D eigenvalue weighted by Gasteiger charge is -2.36. The van der Waals surface area contributed by atoms with Crippen LogP contribution in [0.2, 0.25) is 0 Å². The molecule has 2 heterocycles. The van der Waals surface area contributed by atoms with Crippen LogP contribution >= 0.6 is 0 Å². The summed E-state index contributed by atoms with van der Waals surface area (Å²) in [6.45, 7) is 1.43. The van der Waals surface area contributed by atoms with Crippen LogP contribution in [0.25, 0.3) is 0 Å². The Hall–Kier alpha value is -3.10. The molecule has 1 N–H and O–H groups in total. The Kier molecular flexibility index (Phi) is 7.47. The van der Waals surface area contributed by atoms with Gasteiger partial charge in [0.1, 0.15) is 0 Å². The fourth-order valence-corrected chi connectivity index (χ4v) is 4.34. The van der Waals surface area contributed by atoms with E-state index in [4.69, 9.17) is 9.47 Å². The lowest BCUT2D eigenvalue weighted by molar-refractivity contribution is -0.135. The predicted molar refractivity (Wildman–Crippen MR) is 122 cm³/mol. The summed E-state index contributed by atoms with van der Waals surface area (Å²) in [6.07, 6.45) is 8.84. The molecule has 1 atom stereocenters. The topological polar surface area (TPSA) is 98.6 Å². The van der Waals surface area contributed by atoms with Crippen LogP contribution in [0.3, 0.4) is 0 Å². The number of hydrogen-bond acceptors (Lipinski definition) is 6. The molecule has 0 radical (unpaired) electrons. The van der Waals surface area contributed by atoms with E-state index in [9.17, 15) is 9.59 Å². The largest absolute Gasteiger partial charge is 0.493 e. The molecule has 1 saturated heterocycles. The van der Waals surface area contributed by atoms with Gasteiger partial charge in [-0.05, 0) is 62.6 Å². The Morgan fingerprint density at radius 3 is 2.70 bits per heavy atom. The van der Waals surface area contributed by atoms with E-state index in [-0.39, 0.29) is 17.9 Å². The van der Waals surface area contributed by atoms with Gasteiger partial charge in [0.15, 0.2) is 17.2 Å². The van der Waals surface area contributed by atoms with Crippen LogP contribution in [0, 0.1) is 0 Å². The summed E-state index contributed by atoms with van der Waals surface area (Å²) < 4.78 is 12.4. The second kappa shape index (κ2) is 10.7. The van der Waals surface area contributed by atoms with Gasteiger partial charge in [-0.3, -0.25) is 14.3 Å². The molecule has 0 unspecified atom stereocenters. The van der Waals surface area contributed by atoms with E-state index in [1.54, 1.807) is 25.1 Å². The Balaban J connectivity index is 1.30. The van der Waals surface area contributed by atoms with E-state index in [0.717, 1.165) is 50.6 Å². The SMILES string of the molecule is COc1ccc(CCC(=O)N2CCCC[C@H]2CCn2cc(C(=O)NC3CC3)nn2)cc1OC. The van der Waals surface area contributed by atoms with Crippen LogP contribution in [-0.2, 0) is 17.8 Å². The van der Waals surface area contributed by atoms with Crippen LogP contribution in [-0.4, -0.2) is 64.6 Å². The lowest BCUT2D eigenvalue weighted by atomic mass is 9.98. The summed E-state index contributed by atoms with van der Waals surface area (Å²) in [5.41, 5.74) is 1.41. The summed E-state index contributed by atoms with van der Waals surface area (Å²) >= 11 is 0. The van der Waals surface area contributed by atoms with Crippen molar-refractivity contribution >= 4 is 11.8 Å². The van der Waals surface area contributed by atoms with Gasteiger partial charge in [-0.25, -0.2) is 0 Å². The number of hydrogen-bond donors (Lipinski definition) is 1. The summed E-state index contributed by atoms with van der Waals surface area (Å²) in [4.78, 5) is 27.2. The number of methoxy groups -OCH3 is 2. The predicted octanol–water partition coefficient (Wildman–Crippen LogP) is 2.59. The van der Waals surface area contributed by atoms with Gasteiger partial charge in [0.2, 0.25) is 5.91 Å². The van der Waals surface area contributed by atoms with Crippen LogP contribution in [0.4, 0.5) is 0 Å². The molecule has 9 nitrogen and oxygen atoms in total. The summed E-state index contributed by atoms with van der Waals surface area (Å²) in [6, 6.07) is 6.26. The second-order valence-electron chi connectivity index (χ2n) is 8.83. The molecule has 1 aliphatic carbocycles. The minimum absolute atomic E-state index is 0.159. The van der Waals surface area contributed by atoms with Gasteiger partial charge in [0, 0.05) is 31.6 Å². The lowest BCUT2D eigenvalue weighted by Crippen LogP contribution is -2.44. The molecule has 0 spiro atoms. The first-order valence-electron chi connectivity index (χ1n) is 11.8. The van der Waals surface area contributed by atoms with E-state index in [1.165, 1.54) is 0 Å². The first kappa shape index (κ1) is 23.1. The normalized spacial score (nSPS) is 18.1. The molecule has 1 aromatic heterocycles. The monoisotopic (exact) mass is 455 g/mol. The number of amides is 2. The van der Waals surface area contributed by atoms with Crippen LogP contribution in [0.1, 0.15) is 61.0 Å². The Morgan fingerprint density at radius 2 is 1.94 bits per heavy atom. The first-order chi connectivity index (χ1) is 16.1. The maximum absolute atomic E-state index is 13.1. The number of carbonyl (C=O) groups excluding carboxylic acids is 2. The molecule has 178 valence electrons. The van der Waals surface area contributed by atoms with Gasteiger partial charge in [0.25, 0.3) is 5.91 Å².